The first-order valence-corrected chi connectivity index (χ1v) is 9.39. The van der Waals surface area contributed by atoms with Crippen LogP contribution >= 0.6 is 12.6 Å². The van der Waals surface area contributed by atoms with Crippen LogP contribution in [0, 0.1) is 11.8 Å². The second-order valence-corrected chi connectivity index (χ2v) is 7.52. The summed E-state index contributed by atoms with van der Waals surface area (Å²) in [6.45, 7) is 11.1. The number of nitrogens with one attached hydrogen (secondary N) is 1. The Morgan fingerprint density at radius 2 is 2.22 bits per heavy atom. The van der Waals surface area contributed by atoms with Crippen molar-refractivity contribution in [1.29, 1.82) is 0 Å². The van der Waals surface area contributed by atoms with Crippen molar-refractivity contribution in [3.05, 3.63) is 23.8 Å². The summed E-state index contributed by atoms with van der Waals surface area (Å²) in [4.78, 5) is 3.39. The quantitative estimate of drug-likeness (QED) is 0.631. The third kappa shape index (κ3) is 5.13. The molecule has 1 aliphatic heterocycles. The highest BCUT2D eigenvalue weighted by atomic mass is 32.1. The van der Waals surface area contributed by atoms with E-state index in [0.29, 0.717) is 17.8 Å². The van der Waals surface area contributed by atoms with Crippen LogP contribution in [0.3, 0.4) is 0 Å². The molecule has 1 aromatic rings. The highest BCUT2D eigenvalue weighted by Gasteiger charge is 2.26. The Kier molecular flexibility index (Phi) is 7.25. The minimum atomic E-state index is 0.257. The Hall–Kier alpha value is -0.710. The van der Waals surface area contributed by atoms with Gasteiger partial charge in [-0.2, -0.15) is 0 Å². The second kappa shape index (κ2) is 8.95. The third-order valence-electron chi connectivity index (χ3n) is 5.25. The molecule has 2 rings (SSSR count). The zero-order valence-corrected chi connectivity index (χ0v) is 15.6. The maximum Gasteiger partial charge on any atom is 0.0558 e. The van der Waals surface area contributed by atoms with E-state index < -0.39 is 0 Å². The summed E-state index contributed by atoms with van der Waals surface area (Å²) < 4.78 is 0. The highest BCUT2D eigenvalue weighted by Crippen LogP contribution is 2.38. The van der Waals surface area contributed by atoms with Crippen molar-refractivity contribution in [1.82, 2.24) is 4.90 Å². The normalized spacial score (nSPS) is 21.8. The Labute approximate surface area is 146 Å². The Balaban J connectivity index is 1.87. The molecule has 0 spiro atoms. The van der Waals surface area contributed by atoms with Gasteiger partial charge in [-0.05, 0) is 60.9 Å². The standard InChI is InChI=1S/C19H32N2OS/c1-4-21(9-10-22)13-14(2)5-6-16-12-20-19-8-7-17(23)11-18(19)15(16)3/h7-8,11,14-16,20,22-23H,4-6,9-10,12-13H2,1-3H3. The lowest BCUT2D eigenvalue weighted by molar-refractivity contribution is 0.179. The van der Waals surface area contributed by atoms with E-state index >= 15 is 0 Å². The van der Waals surface area contributed by atoms with Crippen LogP contribution in [0.15, 0.2) is 23.1 Å². The summed E-state index contributed by atoms with van der Waals surface area (Å²) in [7, 11) is 0. The minimum absolute atomic E-state index is 0.257. The fraction of sp³-hybridized carbons (Fsp3) is 0.684. The van der Waals surface area contributed by atoms with E-state index in [1.807, 2.05) is 0 Å². The SMILES string of the molecule is CCN(CCO)CC(C)CCC1CNc2ccc(S)cc2C1C. The molecule has 4 heteroatoms. The highest BCUT2D eigenvalue weighted by molar-refractivity contribution is 7.80. The van der Waals surface area contributed by atoms with Gasteiger partial charge in [0, 0.05) is 30.2 Å². The molecular weight excluding hydrogens is 304 g/mol. The van der Waals surface area contributed by atoms with Gasteiger partial charge >= 0.3 is 0 Å². The molecule has 0 amide bonds. The van der Waals surface area contributed by atoms with Gasteiger partial charge in [-0.15, -0.1) is 12.6 Å². The second-order valence-electron chi connectivity index (χ2n) is 7.00. The van der Waals surface area contributed by atoms with Crippen LogP contribution in [-0.2, 0) is 0 Å². The average Bonchev–Trinajstić information content (AvgIpc) is 2.54. The molecule has 1 aromatic carbocycles. The van der Waals surface area contributed by atoms with Crippen molar-refractivity contribution in [2.45, 2.75) is 44.4 Å². The monoisotopic (exact) mass is 336 g/mol. The van der Waals surface area contributed by atoms with Crippen LogP contribution in [0.4, 0.5) is 5.69 Å². The van der Waals surface area contributed by atoms with E-state index in [1.165, 1.54) is 24.1 Å². The lowest BCUT2D eigenvalue weighted by Crippen LogP contribution is -2.32. The Morgan fingerprint density at radius 1 is 1.43 bits per heavy atom. The number of likely N-dealkylation sites (N-methyl/N-ethyl adjacent to an activating group) is 1. The van der Waals surface area contributed by atoms with Crippen molar-refractivity contribution >= 4 is 18.3 Å². The summed E-state index contributed by atoms with van der Waals surface area (Å²) in [5.41, 5.74) is 2.69. The number of rotatable bonds is 8. The van der Waals surface area contributed by atoms with E-state index in [-0.39, 0.29) is 6.61 Å². The van der Waals surface area contributed by atoms with Crippen LogP contribution in [0.25, 0.3) is 0 Å². The van der Waals surface area contributed by atoms with Crippen LogP contribution in [0.2, 0.25) is 0 Å². The Morgan fingerprint density at radius 3 is 2.91 bits per heavy atom. The first-order valence-electron chi connectivity index (χ1n) is 8.95. The van der Waals surface area contributed by atoms with Gasteiger partial charge in [0.15, 0.2) is 0 Å². The number of thiol groups is 1. The first-order chi connectivity index (χ1) is 11.0. The zero-order valence-electron chi connectivity index (χ0n) is 14.8. The zero-order chi connectivity index (χ0) is 16.8. The molecule has 3 atom stereocenters. The fourth-order valence-electron chi connectivity index (χ4n) is 3.66. The molecule has 23 heavy (non-hydrogen) atoms. The molecule has 1 heterocycles. The molecule has 0 saturated heterocycles. The molecular formula is C19H32N2OS. The van der Waals surface area contributed by atoms with E-state index in [2.05, 4.69) is 61.8 Å². The van der Waals surface area contributed by atoms with Crippen LogP contribution < -0.4 is 5.32 Å². The van der Waals surface area contributed by atoms with E-state index in [4.69, 9.17) is 5.11 Å². The van der Waals surface area contributed by atoms with Crippen molar-refractivity contribution < 1.29 is 5.11 Å². The molecule has 0 aromatic heterocycles. The summed E-state index contributed by atoms with van der Waals surface area (Å²) in [6.07, 6.45) is 2.50. The first kappa shape index (κ1) is 18.6. The smallest absolute Gasteiger partial charge is 0.0558 e. The minimum Gasteiger partial charge on any atom is -0.395 e. The van der Waals surface area contributed by atoms with Crippen LogP contribution in [-0.4, -0.2) is 42.8 Å². The number of aliphatic hydroxyl groups is 1. The van der Waals surface area contributed by atoms with Crippen molar-refractivity contribution in [3.63, 3.8) is 0 Å². The van der Waals surface area contributed by atoms with Gasteiger partial charge in [0.25, 0.3) is 0 Å². The number of anilines is 1. The molecule has 1 aliphatic rings. The summed E-state index contributed by atoms with van der Waals surface area (Å²) >= 11 is 4.49. The maximum absolute atomic E-state index is 9.11. The van der Waals surface area contributed by atoms with Crippen molar-refractivity contribution in [2.75, 3.05) is 38.1 Å². The topological polar surface area (TPSA) is 35.5 Å². The van der Waals surface area contributed by atoms with E-state index in [1.54, 1.807) is 0 Å². The number of benzene rings is 1. The number of nitrogens with zero attached hydrogens (tertiary/aromatic N) is 1. The van der Waals surface area contributed by atoms with Crippen LogP contribution in [0.5, 0.6) is 0 Å². The molecule has 130 valence electrons. The lowest BCUT2D eigenvalue weighted by Gasteiger charge is -2.33. The number of hydrogen-bond donors (Lipinski definition) is 3. The van der Waals surface area contributed by atoms with Gasteiger partial charge in [-0.3, -0.25) is 0 Å². The summed E-state index contributed by atoms with van der Waals surface area (Å²) in [5, 5.41) is 12.7. The molecule has 0 bridgehead atoms. The van der Waals surface area contributed by atoms with E-state index in [9.17, 15) is 0 Å². The predicted molar refractivity (Wildman–Crippen MR) is 102 cm³/mol. The average molecular weight is 337 g/mol. The van der Waals surface area contributed by atoms with E-state index in [0.717, 1.165) is 31.1 Å². The number of aliphatic hydroxyl groups excluding tert-OH is 1. The van der Waals surface area contributed by atoms with Crippen molar-refractivity contribution in [3.8, 4) is 0 Å². The number of fused-ring (bicyclic) bond motifs is 1. The molecule has 3 nitrogen and oxygen atoms in total. The molecule has 3 unspecified atom stereocenters. The van der Waals surface area contributed by atoms with Gasteiger partial charge in [-0.1, -0.05) is 20.8 Å². The molecule has 2 N–H and O–H groups in total. The van der Waals surface area contributed by atoms with Gasteiger partial charge in [0.1, 0.15) is 0 Å². The molecule has 0 saturated carbocycles. The molecule has 0 fully saturated rings. The Bertz CT molecular complexity index is 494. The molecule has 0 aliphatic carbocycles. The summed E-state index contributed by atoms with van der Waals surface area (Å²) in [5.74, 6) is 1.95. The lowest BCUT2D eigenvalue weighted by atomic mass is 9.80. The maximum atomic E-state index is 9.11. The van der Waals surface area contributed by atoms with Gasteiger partial charge in [0.05, 0.1) is 6.61 Å². The van der Waals surface area contributed by atoms with Crippen molar-refractivity contribution in [2.24, 2.45) is 11.8 Å². The fourth-order valence-corrected chi connectivity index (χ4v) is 3.88. The van der Waals surface area contributed by atoms with Gasteiger partial charge in [-0.25, -0.2) is 0 Å². The van der Waals surface area contributed by atoms with Crippen LogP contribution in [0.1, 0.15) is 45.1 Å². The predicted octanol–water partition coefficient (Wildman–Crippen LogP) is 3.85. The largest absolute Gasteiger partial charge is 0.395 e. The molecule has 0 radical (unpaired) electrons. The van der Waals surface area contributed by atoms with Gasteiger partial charge in [0.2, 0.25) is 0 Å². The summed E-state index contributed by atoms with van der Waals surface area (Å²) in [6, 6.07) is 6.43. The van der Waals surface area contributed by atoms with Gasteiger partial charge < -0.3 is 15.3 Å². The number of hydrogen-bond acceptors (Lipinski definition) is 4. The third-order valence-corrected chi connectivity index (χ3v) is 5.53.